The van der Waals surface area contributed by atoms with Gasteiger partial charge in [-0.1, -0.05) is 33.1 Å². The molecule has 1 aromatic heterocycles. The number of nitrogens with zero attached hydrogens (tertiary/aromatic N) is 2. The van der Waals surface area contributed by atoms with Gasteiger partial charge in [-0.3, -0.25) is 0 Å². The minimum Gasteiger partial charge on any atom is -0.388 e. The van der Waals surface area contributed by atoms with Crippen LogP contribution in [0, 0.1) is 0 Å². The maximum absolute atomic E-state index is 10.6. The fraction of sp³-hybridized carbons (Fsp3) is 0.750. The molecule has 1 fully saturated rings. The largest absolute Gasteiger partial charge is 0.388 e. The second-order valence-electron chi connectivity index (χ2n) is 6.32. The van der Waals surface area contributed by atoms with Gasteiger partial charge in [0.1, 0.15) is 17.5 Å². The van der Waals surface area contributed by atoms with Gasteiger partial charge in [0.05, 0.1) is 5.60 Å². The summed E-state index contributed by atoms with van der Waals surface area (Å²) in [4.78, 5) is 9.07. The first-order valence-corrected chi connectivity index (χ1v) is 8.11. The molecule has 0 aliphatic heterocycles. The Morgan fingerprint density at radius 3 is 2.33 bits per heavy atom. The van der Waals surface area contributed by atoms with Crippen molar-refractivity contribution in [3.63, 3.8) is 0 Å². The van der Waals surface area contributed by atoms with Crippen molar-refractivity contribution in [1.29, 1.82) is 0 Å². The predicted molar refractivity (Wildman–Crippen MR) is 86.8 cm³/mol. The number of aliphatic hydroxyl groups is 1. The van der Waals surface area contributed by atoms with Gasteiger partial charge in [-0.25, -0.2) is 9.97 Å². The molecule has 1 aromatic rings. The minimum atomic E-state index is -0.584. The summed E-state index contributed by atoms with van der Waals surface area (Å²) in [6.45, 7) is 7.62. The quantitative estimate of drug-likeness (QED) is 0.751. The zero-order chi connectivity index (χ0) is 15.3. The van der Waals surface area contributed by atoms with Crippen LogP contribution in [-0.2, 0) is 0 Å². The van der Waals surface area contributed by atoms with Gasteiger partial charge in [0, 0.05) is 25.1 Å². The van der Waals surface area contributed by atoms with Gasteiger partial charge in [-0.2, -0.15) is 0 Å². The lowest BCUT2D eigenvalue weighted by molar-refractivity contribution is 0.0166. The standard InChI is InChI=1S/C16H28N4O/c1-4-17-13-10-14(20-15(19-13)12(2)3)18-11-16(21)8-6-5-7-9-16/h10,12,21H,4-9,11H2,1-3H3,(H2,17,18,19,20). The van der Waals surface area contributed by atoms with Gasteiger partial charge < -0.3 is 15.7 Å². The molecule has 0 aromatic carbocycles. The minimum absolute atomic E-state index is 0.280. The summed E-state index contributed by atoms with van der Waals surface area (Å²) < 4.78 is 0. The first kappa shape index (κ1) is 16.0. The summed E-state index contributed by atoms with van der Waals surface area (Å²) in [7, 11) is 0. The van der Waals surface area contributed by atoms with Gasteiger partial charge in [0.15, 0.2) is 0 Å². The lowest BCUT2D eigenvalue weighted by Crippen LogP contribution is -2.39. The molecule has 3 N–H and O–H groups in total. The average Bonchev–Trinajstić information content (AvgIpc) is 2.46. The molecule has 0 saturated heterocycles. The highest BCUT2D eigenvalue weighted by atomic mass is 16.3. The van der Waals surface area contributed by atoms with Crippen LogP contribution in [0.25, 0.3) is 0 Å². The van der Waals surface area contributed by atoms with E-state index in [0.717, 1.165) is 49.7 Å². The topological polar surface area (TPSA) is 70.1 Å². The molecule has 118 valence electrons. The first-order chi connectivity index (χ1) is 10.0. The van der Waals surface area contributed by atoms with Gasteiger partial charge >= 0.3 is 0 Å². The molecule has 0 unspecified atom stereocenters. The summed E-state index contributed by atoms with van der Waals surface area (Å²) in [6.07, 6.45) is 5.21. The highest BCUT2D eigenvalue weighted by Gasteiger charge is 2.28. The van der Waals surface area contributed by atoms with Gasteiger partial charge in [-0.15, -0.1) is 0 Å². The molecular weight excluding hydrogens is 264 g/mol. The van der Waals surface area contributed by atoms with Crippen LogP contribution >= 0.6 is 0 Å². The van der Waals surface area contributed by atoms with Gasteiger partial charge in [0.25, 0.3) is 0 Å². The summed E-state index contributed by atoms with van der Waals surface area (Å²) >= 11 is 0. The molecule has 5 nitrogen and oxygen atoms in total. The molecule has 2 rings (SSSR count). The van der Waals surface area contributed by atoms with Gasteiger partial charge in [-0.05, 0) is 19.8 Å². The molecule has 0 radical (unpaired) electrons. The van der Waals surface area contributed by atoms with Crippen molar-refractivity contribution in [1.82, 2.24) is 9.97 Å². The van der Waals surface area contributed by atoms with Crippen molar-refractivity contribution in [3.05, 3.63) is 11.9 Å². The van der Waals surface area contributed by atoms with Crippen molar-refractivity contribution in [2.75, 3.05) is 23.7 Å². The van der Waals surface area contributed by atoms with Crippen LogP contribution in [0.3, 0.4) is 0 Å². The molecule has 0 spiro atoms. The Morgan fingerprint density at radius 2 is 1.76 bits per heavy atom. The molecule has 21 heavy (non-hydrogen) atoms. The zero-order valence-corrected chi connectivity index (χ0v) is 13.4. The molecular formula is C16H28N4O. The lowest BCUT2D eigenvalue weighted by atomic mass is 9.85. The van der Waals surface area contributed by atoms with Crippen molar-refractivity contribution < 1.29 is 5.11 Å². The van der Waals surface area contributed by atoms with Crippen LogP contribution in [0.1, 0.15) is 64.6 Å². The third kappa shape index (κ3) is 4.56. The second-order valence-corrected chi connectivity index (χ2v) is 6.32. The van der Waals surface area contributed by atoms with Crippen LogP contribution in [-0.4, -0.2) is 33.8 Å². The molecule has 0 amide bonds. The number of nitrogens with one attached hydrogen (secondary N) is 2. The number of anilines is 2. The van der Waals surface area contributed by atoms with Crippen LogP contribution in [0.2, 0.25) is 0 Å². The summed E-state index contributed by atoms with van der Waals surface area (Å²) in [5, 5.41) is 17.1. The van der Waals surface area contributed by atoms with Crippen LogP contribution in [0.4, 0.5) is 11.6 Å². The van der Waals surface area contributed by atoms with Crippen molar-refractivity contribution in [2.45, 2.75) is 64.4 Å². The van der Waals surface area contributed by atoms with E-state index >= 15 is 0 Å². The molecule has 1 heterocycles. The summed E-state index contributed by atoms with van der Waals surface area (Å²) in [5.74, 6) is 2.74. The van der Waals surface area contributed by atoms with E-state index in [1.54, 1.807) is 0 Å². The van der Waals surface area contributed by atoms with Crippen LogP contribution < -0.4 is 10.6 Å². The van der Waals surface area contributed by atoms with Crippen LogP contribution in [0.5, 0.6) is 0 Å². The van der Waals surface area contributed by atoms with E-state index in [2.05, 4.69) is 41.4 Å². The fourth-order valence-electron chi connectivity index (χ4n) is 2.73. The highest BCUT2D eigenvalue weighted by molar-refractivity contribution is 5.48. The smallest absolute Gasteiger partial charge is 0.135 e. The molecule has 1 aliphatic carbocycles. The normalized spacial score (nSPS) is 17.8. The second kappa shape index (κ2) is 7.07. The van der Waals surface area contributed by atoms with E-state index < -0.39 is 5.60 Å². The average molecular weight is 292 g/mol. The van der Waals surface area contributed by atoms with Crippen LogP contribution in [0.15, 0.2) is 6.07 Å². The Kier molecular flexibility index (Phi) is 5.39. The summed E-state index contributed by atoms with van der Waals surface area (Å²) in [6, 6.07) is 1.92. The lowest BCUT2D eigenvalue weighted by Gasteiger charge is -2.32. The van der Waals surface area contributed by atoms with E-state index in [-0.39, 0.29) is 5.92 Å². The first-order valence-electron chi connectivity index (χ1n) is 8.11. The Hall–Kier alpha value is -1.36. The third-order valence-corrected chi connectivity index (χ3v) is 4.00. The highest BCUT2D eigenvalue weighted by Crippen LogP contribution is 2.28. The summed E-state index contributed by atoms with van der Waals surface area (Å²) in [5.41, 5.74) is -0.584. The number of hydrogen-bond donors (Lipinski definition) is 3. The van der Waals surface area contributed by atoms with E-state index in [1.165, 1.54) is 6.42 Å². The number of hydrogen-bond acceptors (Lipinski definition) is 5. The SMILES string of the molecule is CCNc1cc(NCC2(O)CCCCC2)nc(C(C)C)n1. The van der Waals surface area contributed by atoms with Gasteiger partial charge in [0.2, 0.25) is 0 Å². The zero-order valence-electron chi connectivity index (χ0n) is 13.4. The van der Waals surface area contributed by atoms with Crippen molar-refractivity contribution in [2.24, 2.45) is 0 Å². The Balaban J connectivity index is 2.07. The van der Waals surface area contributed by atoms with Crippen molar-refractivity contribution in [3.8, 4) is 0 Å². The molecule has 1 saturated carbocycles. The van der Waals surface area contributed by atoms with E-state index in [4.69, 9.17) is 0 Å². The molecule has 0 bridgehead atoms. The Morgan fingerprint density at radius 1 is 1.14 bits per heavy atom. The Bertz CT molecular complexity index is 456. The van der Waals surface area contributed by atoms with E-state index in [9.17, 15) is 5.11 Å². The molecule has 1 aliphatic rings. The van der Waals surface area contributed by atoms with Crippen molar-refractivity contribution >= 4 is 11.6 Å². The number of rotatable bonds is 6. The predicted octanol–water partition coefficient (Wildman–Crippen LogP) is 3.14. The van der Waals surface area contributed by atoms with E-state index in [1.807, 2.05) is 6.07 Å². The maximum atomic E-state index is 10.6. The number of aromatic nitrogens is 2. The fourth-order valence-corrected chi connectivity index (χ4v) is 2.73. The molecule has 5 heteroatoms. The maximum Gasteiger partial charge on any atom is 0.135 e. The monoisotopic (exact) mass is 292 g/mol. The molecule has 0 atom stereocenters. The van der Waals surface area contributed by atoms with E-state index in [0.29, 0.717) is 6.54 Å². The third-order valence-electron chi connectivity index (χ3n) is 4.00. The Labute approximate surface area is 127 Å².